The number of hydrogen-bond donors (Lipinski definition) is 1. The van der Waals surface area contributed by atoms with Crippen LogP contribution < -0.4 is 5.32 Å². The van der Waals surface area contributed by atoms with Crippen LogP contribution in [-0.2, 0) is 16.1 Å². The second-order valence-corrected chi connectivity index (χ2v) is 7.77. The molecule has 2 heterocycles. The summed E-state index contributed by atoms with van der Waals surface area (Å²) in [5.41, 5.74) is 0. The van der Waals surface area contributed by atoms with E-state index < -0.39 is 6.04 Å². The normalized spacial score (nSPS) is 23.1. The van der Waals surface area contributed by atoms with Gasteiger partial charge in [-0.1, -0.05) is 27.7 Å². The number of piperazine rings is 1. The summed E-state index contributed by atoms with van der Waals surface area (Å²) in [4.78, 5) is 29.3. The van der Waals surface area contributed by atoms with E-state index in [1.165, 1.54) is 4.88 Å². The lowest BCUT2D eigenvalue weighted by molar-refractivity contribution is -0.153. The van der Waals surface area contributed by atoms with Gasteiger partial charge >= 0.3 is 0 Å². The van der Waals surface area contributed by atoms with Crippen LogP contribution in [0.2, 0.25) is 0 Å². The van der Waals surface area contributed by atoms with Gasteiger partial charge in [-0.25, -0.2) is 0 Å². The maximum Gasteiger partial charge on any atom is 0.246 e. The van der Waals surface area contributed by atoms with Crippen LogP contribution in [0.4, 0.5) is 0 Å². The van der Waals surface area contributed by atoms with E-state index in [0.717, 1.165) is 4.88 Å². The van der Waals surface area contributed by atoms with Gasteiger partial charge in [-0.15, -0.1) is 11.3 Å². The Morgan fingerprint density at radius 2 is 1.86 bits per heavy atom. The van der Waals surface area contributed by atoms with Crippen molar-refractivity contribution < 1.29 is 9.59 Å². The molecule has 2 amide bonds. The number of carbonyl (C=O) groups excluding carboxylic acids is 2. The van der Waals surface area contributed by atoms with Crippen LogP contribution in [0.1, 0.15) is 37.4 Å². The van der Waals surface area contributed by atoms with Gasteiger partial charge in [0.05, 0.1) is 6.54 Å². The Bertz CT molecular complexity index is 536. The average molecular weight is 308 g/mol. The average Bonchev–Trinajstić information content (AvgIpc) is 2.78. The molecule has 2 atom stereocenters. The summed E-state index contributed by atoms with van der Waals surface area (Å²) in [6.45, 7) is 10.5. The Labute approximate surface area is 130 Å². The molecule has 0 aliphatic carbocycles. The second kappa shape index (κ2) is 6.18. The van der Waals surface area contributed by atoms with Crippen molar-refractivity contribution in [3.8, 4) is 0 Å². The summed E-state index contributed by atoms with van der Waals surface area (Å²) in [5, 5.41) is 2.89. The minimum absolute atomic E-state index is 0.0309. The first-order chi connectivity index (χ1) is 9.81. The third-order valence-electron chi connectivity index (χ3n) is 3.87. The quantitative estimate of drug-likeness (QED) is 0.929. The summed E-state index contributed by atoms with van der Waals surface area (Å²) in [5.74, 6) is 0.205. The highest BCUT2D eigenvalue weighted by Crippen LogP contribution is 2.25. The van der Waals surface area contributed by atoms with Gasteiger partial charge < -0.3 is 10.2 Å². The molecule has 1 saturated heterocycles. The Balaban J connectivity index is 2.29. The van der Waals surface area contributed by atoms with Gasteiger partial charge in [-0.05, 0) is 30.9 Å². The molecular weight excluding hydrogens is 284 g/mol. The van der Waals surface area contributed by atoms with Crippen molar-refractivity contribution in [2.75, 3.05) is 0 Å². The highest BCUT2D eigenvalue weighted by molar-refractivity contribution is 7.11. The molecule has 0 spiro atoms. The summed E-state index contributed by atoms with van der Waals surface area (Å²) >= 11 is 1.68. The number of rotatable bonds is 4. The molecule has 0 bridgehead atoms. The van der Waals surface area contributed by atoms with Gasteiger partial charge in [-0.2, -0.15) is 0 Å². The van der Waals surface area contributed by atoms with Crippen molar-refractivity contribution >= 4 is 23.2 Å². The SMILES string of the molecule is Cc1ccc(CN2C(=O)C(C(C)C)NC(=O)C2C(C)C)s1. The van der Waals surface area contributed by atoms with Gasteiger partial charge in [0.2, 0.25) is 11.8 Å². The lowest BCUT2D eigenvalue weighted by Crippen LogP contribution is -2.65. The number of amides is 2. The molecule has 0 saturated carbocycles. The molecule has 116 valence electrons. The number of carbonyl (C=O) groups is 2. The summed E-state index contributed by atoms with van der Waals surface area (Å²) < 4.78 is 0. The van der Waals surface area contributed by atoms with Crippen molar-refractivity contribution in [1.82, 2.24) is 10.2 Å². The zero-order valence-electron chi connectivity index (χ0n) is 13.3. The minimum atomic E-state index is -0.409. The minimum Gasteiger partial charge on any atom is -0.342 e. The predicted molar refractivity (Wildman–Crippen MR) is 85.0 cm³/mol. The van der Waals surface area contributed by atoms with Crippen LogP contribution in [0, 0.1) is 18.8 Å². The number of aryl methyl sites for hydroxylation is 1. The van der Waals surface area contributed by atoms with Crippen LogP contribution in [0.3, 0.4) is 0 Å². The third-order valence-corrected chi connectivity index (χ3v) is 4.86. The summed E-state index contributed by atoms with van der Waals surface area (Å²) in [6.07, 6.45) is 0. The molecule has 1 aliphatic rings. The van der Waals surface area contributed by atoms with E-state index in [1.54, 1.807) is 16.2 Å². The lowest BCUT2D eigenvalue weighted by Gasteiger charge is -2.41. The maximum atomic E-state index is 12.8. The number of nitrogens with one attached hydrogen (secondary N) is 1. The number of hydrogen-bond acceptors (Lipinski definition) is 3. The molecule has 1 aliphatic heterocycles. The van der Waals surface area contributed by atoms with Crippen molar-refractivity contribution in [1.29, 1.82) is 0 Å². The standard InChI is InChI=1S/C16H24N2O2S/c1-9(2)13-16(20)18(8-12-7-6-11(5)21-12)14(10(3)4)15(19)17-13/h6-7,9-10,13-14H,8H2,1-5H3,(H,17,19). The van der Waals surface area contributed by atoms with Gasteiger partial charge in [-0.3, -0.25) is 9.59 Å². The Morgan fingerprint density at radius 3 is 2.33 bits per heavy atom. The number of thiophene rings is 1. The maximum absolute atomic E-state index is 12.8. The van der Waals surface area contributed by atoms with Gasteiger partial charge in [0, 0.05) is 9.75 Å². The molecule has 2 unspecified atom stereocenters. The smallest absolute Gasteiger partial charge is 0.246 e. The zero-order valence-corrected chi connectivity index (χ0v) is 14.2. The van der Waals surface area contributed by atoms with Gasteiger partial charge in [0.15, 0.2) is 0 Å². The van der Waals surface area contributed by atoms with Gasteiger partial charge in [0.25, 0.3) is 0 Å². The Kier molecular flexibility index (Phi) is 4.71. The first kappa shape index (κ1) is 16.0. The van der Waals surface area contributed by atoms with E-state index >= 15 is 0 Å². The monoisotopic (exact) mass is 308 g/mol. The molecule has 0 aromatic carbocycles. The third kappa shape index (κ3) is 3.28. The van der Waals surface area contributed by atoms with Crippen LogP contribution in [-0.4, -0.2) is 28.8 Å². The van der Waals surface area contributed by atoms with Crippen molar-refractivity contribution in [3.05, 3.63) is 21.9 Å². The molecule has 5 heteroatoms. The largest absolute Gasteiger partial charge is 0.342 e. The van der Waals surface area contributed by atoms with Crippen LogP contribution >= 0.6 is 11.3 Å². The fourth-order valence-corrected chi connectivity index (χ4v) is 3.68. The van der Waals surface area contributed by atoms with E-state index in [1.807, 2.05) is 33.8 Å². The van der Waals surface area contributed by atoms with Crippen LogP contribution in [0.15, 0.2) is 12.1 Å². The molecule has 1 aromatic heterocycles. The topological polar surface area (TPSA) is 49.4 Å². The Morgan fingerprint density at radius 1 is 1.19 bits per heavy atom. The molecule has 1 aromatic rings. The molecule has 2 rings (SSSR count). The summed E-state index contributed by atoms with van der Waals surface area (Å²) in [6, 6.07) is 3.31. The van der Waals surface area contributed by atoms with E-state index in [2.05, 4.69) is 18.3 Å². The van der Waals surface area contributed by atoms with Gasteiger partial charge in [0.1, 0.15) is 12.1 Å². The van der Waals surface area contributed by atoms with E-state index in [4.69, 9.17) is 0 Å². The number of nitrogens with zero attached hydrogens (tertiary/aromatic N) is 1. The van der Waals surface area contributed by atoms with E-state index in [-0.39, 0.29) is 29.7 Å². The zero-order chi connectivity index (χ0) is 15.7. The molecule has 1 fully saturated rings. The van der Waals surface area contributed by atoms with Crippen LogP contribution in [0.25, 0.3) is 0 Å². The summed E-state index contributed by atoms with van der Waals surface area (Å²) in [7, 11) is 0. The fraction of sp³-hybridized carbons (Fsp3) is 0.625. The Hall–Kier alpha value is -1.36. The molecule has 0 radical (unpaired) electrons. The van der Waals surface area contributed by atoms with Crippen molar-refractivity contribution in [2.45, 2.75) is 53.2 Å². The van der Waals surface area contributed by atoms with Crippen LogP contribution in [0.5, 0.6) is 0 Å². The molecule has 1 N–H and O–H groups in total. The predicted octanol–water partition coefficient (Wildman–Crippen LogP) is 2.56. The van der Waals surface area contributed by atoms with Crippen molar-refractivity contribution in [2.24, 2.45) is 11.8 Å². The lowest BCUT2D eigenvalue weighted by atomic mass is 9.93. The van der Waals surface area contributed by atoms with E-state index in [9.17, 15) is 9.59 Å². The molecule has 4 nitrogen and oxygen atoms in total. The first-order valence-corrected chi connectivity index (χ1v) is 8.29. The van der Waals surface area contributed by atoms with Crippen molar-refractivity contribution in [3.63, 3.8) is 0 Å². The van der Waals surface area contributed by atoms with E-state index in [0.29, 0.717) is 6.54 Å². The second-order valence-electron chi connectivity index (χ2n) is 6.40. The highest BCUT2D eigenvalue weighted by atomic mass is 32.1. The fourth-order valence-electron chi connectivity index (χ4n) is 2.79. The molecular formula is C16H24N2O2S. The molecule has 21 heavy (non-hydrogen) atoms. The highest BCUT2D eigenvalue weighted by Gasteiger charge is 2.42. The first-order valence-electron chi connectivity index (χ1n) is 7.47.